The van der Waals surface area contributed by atoms with Crippen LogP contribution in [0.4, 0.5) is 0 Å². The molecule has 0 radical (unpaired) electrons. The van der Waals surface area contributed by atoms with Crippen LogP contribution < -0.4 is 5.32 Å². The van der Waals surface area contributed by atoms with Crippen molar-refractivity contribution < 1.29 is 0 Å². The van der Waals surface area contributed by atoms with Gasteiger partial charge in [0, 0.05) is 18.8 Å². The smallest absolute Gasteiger partial charge is 0.128 e. The lowest BCUT2D eigenvalue weighted by atomic mass is 10.0. The van der Waals surface area contributed by atoms with Crippen LogP contribution in [0, 0.1) is 5.92 Å². The van der Waals surface area contributed by atoms with E-state index in [-0.39, 0.29) is 0 Å². The molecule has 0 aromatic carbocycles. The van der Waals surface area contributed by atoms with Crippen LogP contribution >= 0.6 is 0 Å². The van der Waals surface area contributed by atoms with E-state index in [2.05, 4.69) is 29.1 Å². The molecule has 1 aliphatic rings. The molecule has 1 fully saturated rings. The zero-order valence-corrected chi connectivity index (χ0v) is 9.53. The van der Waals surface area contributed by atoms with E-state index in [0.717, 1.165) is 31.3 Å². The number of hydrogen-bond acceptors (Lipinski definition) is 3. The van der Waals surface area contributed by atoms with Crippen LogP contribution in [0.3, 0.4) is 0 Å². The van der Waals surface area contributed by atoms with Gasteiger partial charge < -0.3 is 5.32 Å². The second kappa shape index (κ2) is 4.71. The standard InChI is InChI=1S/C12H19N3/c1-9(2)11-7-14-12(15-8-11)5-10-3-4-13-6-10/h7-10,13H,3-6H2,1-2H3. The first kappa shape index (κ1) is 10.6. The fourth-order valence-corrected chi connectivity index (χ4v) is 1.92. The Kier molecular flexibility index (Phi) is 3.31. The van der Waals surface area contributed by atoms with E-state index in [4.69, 9.17) is 0 Å². The summed E-state index contributed by atoms with van der Waals surface area (Å²) < 4.78 is 0. The molecule has 1 aliphatic heterocycles. The summed E-state index contributed by atoms with van der Waals surface area (Å²) in [5, 5.41) is 3.37. The third kappa shape index (κ3) is 2.75. The summed E-state index contributed by atoms with van der Waals surface area (Å²) in [5.41, 5.74) is 1.23. The zero-order valence-electron chi connectivity index (χ0n) is 9.53. The first-order valence-corrected chi connectivity index (χ1v) is 5.77. The van der Waals surface area contributed by atoms with Crippen molar-refractivity contribution in [2.45, 2.75) is 32.6 Å². The predicted molar refractivity (Wildman–Crippen MR) is 60.8 cm³/mol. The molecule has 1 aromatic rings. The van der Waals surface area contributed by atoms with Crippen LogP contribution in [0.1, 0.15) is 37.6 Å². The zero-order chi connectivity index (χ0) is 10.7. The molecule has 0 spiro atoms. The molecule has 1 saturated heterocycles. The summed E-state index contributed by atoms with van der Waals surface area (Å²) in [6, 6.07) is 0. The van der Waals surface area contributed by atoms with Gasteiger partial charge in [0.25, 0.3) is 0 Å². The Morgan fingerprint density at radius 1 is 1.40 bits per heavy atom. The van der Waals surface area contributed by atoms with E-state index in [0.29, 0.717) is 5.92 Å². The van der Waals surface area contributed by atoms with Gasteiger partial charge in [0.2, 0.25) is 0 Å². The van der Waals surface area contributed by atoms with Gasteiger partial charge in [-0.05, 0) is 36.9 Å². The van der Waals surface area contributed by atoms with Gasteiger partial charge in [0.05, 0.1) is 0 Å². The molecule has 0 amide bonds. The van der Waals surface area contributed by atoms with Crippen molar-refractivity contribution in [2.24, 2.45) is 5.92 Å². The molecule has 1 unspecified atom stereocenters. The molecule has 1 atom stereocenters. The Bertz CT molecular complexity index is 299. The van der Waals surface area contributed by atoms with Gasteiger partial charge in [-0.3, -0.25) is 0 Å². The monoisotopic (exact) mass is 205 g/mol. The minimum Gasteiger partial charge on any atom is -0.316 e. The molecule has 3 heteroatoms. The number of nitrogens with one attached hydrogen (secondary N) is 1. The van der Waals surface area contributed by atoms with Gasteiger partial charge in [-0.25, -0.2) is 9.97 Å². The van der Waals surface area contributed by atoms with E-state index in [1.54, 1.807) is 0 Å². The summed E-state index contributed by atoms with van der Waals surface area (Å²) in [6.45, 7) is 6.60. The Balaban J connectivity index is 1.97. The van der Waals surface area contributed by atoms with E-state index in [9.17, 15) is 0 Å². The molecule has 0 aliphatic carbocycles. The van der Waals surface area contributed by atoms with Crippen LogP contribution in [0.25, 0.3) is 0 Å². The SMILES string of the molecule is CC(C)c1cnc(CC2CCNC2)nc1. The maximum atomic E-state index is 4.42. The summed E-state index contributed by atoms with van der Waals surface area (Å²) in [4.78, 5) is 8.85. The quantitative estimate of drug-likeness (QED) is 0.817. The molecule has 3 nitrogen and oxygen atoms in total. The summed E-state index contributed by atoms with van der Waals surface area (Å²) in [5.74, 6) is 2.25. The maximum Gasteiger partial charge on any atom is 0.128 e. The highest BCUT2D eigenvalue weighted by molar-refractivity contribution is 5.09. The van der Waals surface area contributed by atoms with Gasteiger partial charge in [0.1, 0.15) is 5.82 Å². The van der Waals surface area contributed by atoms with Crippen molar-refractivity contribution in [2.75, 3.05) is 13.1 Å². The second-order valence-electron chi connectivity index (χ2n) is 4.65. The van der Waals surface area contributed by atoms with Crippen molar-refractivity contribution in [1.29, 1.82) is 0 Å². The van der Waals surface area contributed by atoms with Crippen LogP contribution in [-0.4, -0.2) is 23.1 Å². The molecular formula is C12H19N3. The molecule has 1 N–H and O–H groups in total. The number of nitrogens with zero attached hydrogens (tertiary/aromatic N) is 2. The van der Waals surface area contributed by atoms with Crippen molar-refractivity contribution in [3.05, 3.63) is 23.8 Å². The minimum atomic E-state index is 0.521. The van der Waals surface area contributed by atoms with Gasteiger partial charge >= 0.3 is 0 Å². The predicted octanol–water partition coefficient (Wildman–Crippen LogP) is 1.75. The molecule has 0 saturated carbocycles. The van der Waals surface area contributed by atoms with Crippen LogP contribution in [0.2, 0.25) is 0 Å². The topological polar surface area (TPSA) is 37.8 Å². The van der Waals surface area contributed by atoms with Crippen LogP contribution in [0.5, 0.6) is 0 Å². The van der Waals surface area contributed by atoms with E-state index < -0.39 is 0 Å². The summed E-state index contributed by atoms with van der Waals surface area (Å²) in [7, 11) is 0. The number of hydrogen-bond donors (Lipinski definition) is 1. The molecule has 0 bridgehead atoms. The maximum absolute atomic E-state index is 4.42. The molecule has 2 heterocycles. The number of rotatable bonds is 3. The third-order valence-electron chi connectivity index (χ3n) is 3.03. The summed E-state index contributed by atoms with van der Waals surface area (Å²) >= 11 is 0. The average molecular weight is 205 g/mol. The van der Waals surface area contributed by atoms with Crippen LogP contribution in [0.15, 0.2) is 12.4 Å². The van der Waals surface area contributed by atoms with Gasteiger partial charge in [-0.1, -0.05) is 13.8 Å². The molecule has 15 heavy (non-hydrogen) atoms. The van der Waals surface area contributed by atoms with E-state index >= 15 is 0 Å². The van der Waals surface area contributed by atoms with E-state index in [1.807, 2.05) is 12.4 Å². The molecular weight excluding hydrogens is 186 g/mol. The largest absolute Gasteiger partial charge is 0.316 e. The highest BCUT2D eigenvalue weighted by Crippen LogP contribution is 2.14. The minimum absolute atomic E-state index is 0.521. The van der Waals surface area contributed by atoms with Crippen LogP contribution in [-0.2, 0) is 6.42 Å². The molecule has 82 valence electrons. The van der Waals surface area contributed by atoms with E-state index in [1.165, 1.54) is 12.0 Å². The van der Waals surface area contributed by atoms with Gasteiger partial charge in [-0.2, -0.15) is 0 Å². The Morgan fingerprint density at radius 2 is 2.13 bits per heavy atom. The molecule has 2 rings (SSSR count). The third-order valence-corrected chi connectivity index (χ3v) is 3.03. The van der Waals surface area contributed by atoms with Crippen molar-refractivity contribution >= 4 is 0 Å². The Hall–Kier alpha value is -0.960. The Labute approximate surface area is 91.3 Å². The normalized spacial score (nSPS) is 21.1. The second-order valence-corrected chi connectivity index (χ2v) is 4.65. The first-order valence-electron chi connectivity index (χ1n) is 5.77. The highest BCUT2D eigenvalue weighted by atomic mass is 14.9. The molecule has 1 aromatic heterocycles. The Morgan fingerprint density at radius 3 is 2.67 bits per heavy atom. The first-order chi connectivity index (χ1) is 7.25. The van der Waals surface area contributed by atoms with Gasteiger partial charge in [-0.15, -0.1) is 0 Å². The van der Waals surface area contributed by atoms with Gasteiger partial charge in [0.15, 0.2) is 0 Å². The lowest BCUT2D eigenvalue weighted by Crippen LogP contribution is -2.12. The van der Waals surface area contributed by atoms with Crippen molar-refractivity contribution in [3.63, 3.8) is 0 Å². The fourth-order valence-electron chi connectivity index (χ4n) is 1.92. The average Bonchev–Trinajstić information content (AvgIpc) is 2.71. The lowest BCUT2D eigenvalue weighted by Gasteiger charge is -2.08. The fraction of sp³-hybridized carbons (Fsp3) is 0.667. The summed E-state index contributed by atoms with van der Waals surface area (Å²) in [6.07, 6.45) is 6.21. The number of aromatic nitrogens is 2. The van der Waals surface area contributed by atoms with Crippen molar-refractivity contribution in [1.82, 2.24) is 15.3 Å². The lowest BCUT2D eigenvalue weighted by molar-refractivity contribution is 0.560. The van der Waals surface area contributed by atoms with Crippen molar-refractivity contribution in [3.8, 4) is 0 Å². The highest BCUT2D eigenvalue weighted by Gasteiger charge is 2.16.